The zero-order valence-electron chi connectivity index (χ0n) is 16.6. The maximum absolute atomic E-state index is 12.0. The van der Waals surface area contributed by atoms with Crippen LogP contribution in [0.4, 0.5) is 4.79 Å². The van der Waals surface area contributed by atoms with Crippen LogP contribution < -0.4 is 0 Å². The fourth-order valence-electron chi connectivity index (χ4n) is 3.70. The van der Waals surface area contributed by atoms with Gasteiger partial charge in [0.25, 0.3) is 0 Å². The molecule has 1 fully saturated rings. The first-order valence-corrected chi connectivity index (χ1v) is 11.5. The Morgan fingerprint density at radius 1 is 1.37 bits per heavy atom. The van der Waals surface area contributed by atoms with Gasteiger partial charge in [0.1, 0.15) is 5.65 Å². The largest absolute Gasteiger partial charge is 0.453 e. The number of aryl methyl sites for hydroxylation is 1. The summed E-state index contributed by atoms with van der Waals surface area (Å²) in [5.41, 5.74) is 4.58. The Kier molecular flexibility index (Phi) is 6.43. The van der Waals surface area contributed by atoms with E-state index in [9.17, 15) is 4.79 Å². The van der Waals surface area contributed by atoms with Gasteiger partial charge in [-0.05, 0) is 58.4 Å². The predicted molar refractivity (Wildman–Crippen MR) is 120 cm³/mol. The molecule has 1 atom stereocenters. The van der Waals surface area contributed by atoms with Crippen LogP contribution in [0, 0.1) is 6.92 Å². The molecule has 30 heavy (non-hydrogen) atoms. The number of carbonyl (C=O) groups is 1. The molecule has 9 heteroatoms. The molecule has 0 saturated carbocycles. The number of morpholine rings is 1. The first kappa shape index (κ1) is 21.3. The Bertz CT molecular complexity index is 1090. The monoisotopic (exact) mass is 465 g/mol. The normalized spacial score (nSPS) is 16.8. The van der Waals surface area contributed by atoms with Crippen LogP contribution in [-0.4, -0.2) is 53.3 Å². The number of benzene rings is 1. The van der Waals surface area contributed by atoms with Gasteiger partial charge in [0.05, 0.1) is 42.8 Å². The molecule has 158 valence electrons. The standard InChI is InChI=1S/C21H21Cl2N3O3S/c1-13-5-6-26-18(10-14-12-25(7-8-29-14)21(27)28-2)20(24-19(26)9-13)16-4-3-15(30-23)11-17(16)22/h3-6,9,11,14H,7-8,10,12H2,1-2H3. The first-order chi connectivity index (χ1) is 14.5. The van der Waals surface area contributed by atoms with Gasteiger partial charge >= 0.3 is 6.09 Å². The second kappa shape index (κ2) is 9.06. The highest BCUT2D eigenvalue weighted by molar-refractivity contribution is 8.21. The van der Waals surface area contributed by atoms with Gasteiger partial charge in [-0.25, -0.2) is 9.78 Å². The molecule has 4 rings (SSSR count). The topological polar surface area (TPSA) is 56.1 Å². The van der Waals surface area contributed by atoms with Gasteiger partial charge in [-0.15, -0.1) is 0 Å². The van der Waals surface area contributed by atoms with Crippen LogP contribution in [0.3, 0.4) is 0 Å². The molecule has 1 amide bonds. The molecule has 2 aromatic heterocycles. The predicted octanol–water partition coefficient (Wildman–Crippen LogP) is 5.22. The third-order valence-electron chi connectivity index (χ3n) is 5.16. The van der Waals surface area contributed by atoms with E-state index in [-0.39, 0.29) is 12.2 Å². The molecule has 1 aromatic carbocycles. The molecule has 0 aliphatic carbocycles. The first-order valence-electron chi connectivity index (χ1n) is 9.50. The van der Waals surface area contributed by atoms with Gasteiger partial charge in [0.2, 0.25) is 0 Å². The second-order valence-corrected chi connectivity index (χ2v) is 8.67. The second-order valence-electron chi connectivity index (χ2n) is 7.17. The van der Waals surface area contributed by atoms with E-state index >= 15 is 0 Å². The molecule has 1 aliphatic heterocycles. The summed E-state index contributed by atoms with van der Waals surface area (Å²) in [6.07, 6.45) is 2.08. The Balaban J connectivity index is 1.74. The summed E-state index contributed by atoms with van der Waals surface area (Å²) in [7, 11) is 8.39. The van der Waals surface area contributed by atoms with Crippen molar-refractivity contribution in [3.05, 3.63) is 52.8 Å². The van der Waals surface area contributed by atoms with Gasteiger partial charge in [-0.2, -0.15) is 0 Å². The maximum atomic E-state index is 12.0. The van der Waals surface area contributed by atoms with Crippen LogP contribution in [0.5, 0.6) is 0 Å². The summed E-state index contributed by atoms with van der Waals surface area (Å²) in [5, 5.41) is 0.586. The molecule has 1 unspecified atom stereocenters. The van der Waals surface area contributed by atoms with Crippen molar-refractivity contribution in [3.8, 4) is 11.3 Å². The molecule has 0 N–H and O–H groups in total. The van der Waals surface area contributed by atoms with Crippen molar-refractivity contribution in [1.29, 1.82) is 0 Å². The summed E-state index contributed by atoms with van der Waals surface area (Å²) in [5.74, 6) is 0. The number of halogens is 2. The maximum Gasteiger partial charge on any atom is 0.409 e. The molecule has 1 aliphatic rings. The zero-order valence-corrected chi connectivity index (χ0v) is 18.9. The summed E-state index contributed by atoms with van der Waals surface area (Å²) >= 11 is 6.58. The molecule has 6 nitrogen and oxygen atoms in total. The lowest BCUT2D eigenvalue weighted by atomic mass is 10.1. The Hall–Kier alpha value is -1.93. The van der Waals surface area contributed by atoms with E-state index in [1.54, 1.807) is 4.90 Å². The number of hydrogen-bond donors (Lipinski definition) is 0. The van der Waals surface area contributed by atoms with E-state index in [0.29, 0.717) is 31.1 Å². The smallest absolute Gasteiger partial charge is 0.409 e. The summed E-state index contributed by atoms with van der Waals surface area (Å²) in [6, 6.07) is 9.77. The van der Waals surface area contributed by atoms with Crippen LogP contribution in [0.2, 0.25) is 5.02 Å². The van der Waals surface area contributed by atoms with Crippen molar-refractivity contribution in [3.63, 3.8) is 0 Å². The van der Waals surface area contributed by atoms with Gasteiger partial charge in [-0.3, -0.25) is 0 Å². The average molecular weight is 466 g/mol. The highest BCUT2D eigenvalue weighted by atomic mass is 35.7. The summed E-state index contributed by atoms with van der Waals surface area (Å²) in [4.78, 5) is 19.4. The number of hydrogen-bond acceptors (Lipinski definition) is 5. The number of pyridine rings is 1. The highest BCUT2D eigenvalue weighted by Crippen LogP contribution is 2.35. The number of aromatic nitrogens is 2. The van der Waals surface area contributed by atoms with Gasteiger partial charge in [0, 0.05) is 29.6 Å². The Morgan fingerprint density at radius 2 is 2.20 bits per heavy atom. The quantitative estimate of drug-likeness (QED) is 0.528. The molecule has 1 saturated heterocycles. The lowest BCUT2D eigenvalue weighted by molar-refractivity contribution is -0.0241. The van der Waals surface area contributed by atoms with Crippen molar-refractivity contribution in [2.24, 2.45) is 0 Å². The van der Waals surface area contributed by atoms with Crippen molar-refractivity contribution in [2.45, 2.75) is 24.3 Å². The SMILES string of the molecule is COC(=O)N1CCOC(Cc2c(-c3ccc(SCl)cc3Cl)nc3cc(C)ccn23)C1. The number of imidazole rings is 1. The van der Waals surface area contributed by atoms with E-state index in [4.69, 9.17) is 36.7 Å². The highest BCUT2D eigenvalue weighted by Gasteiger charge is 2.27. The van der Waals surface area contributed by atoms with E-state index < -0.39 is 0 Å². The molecule has 0 radical (unpaired) electrons. The molecular formula is C21H21Cl2N3O3S. The molecule has 0 spiro atoms. The average Bonchev–Trinajstić information content (AvgIpc) is 3.10. The van der Waals surface area contributed by atoms with E-state index in [0.717, 1.165) is 44.0 Å². The minimum absolute atomic E-state index is 0.172. The molecule has 0 bridgehead atoms. The summed E-state index contributed by atoms with van der Waals surface area (Å²) < 4.78 is 12.9. The van der Waals surface area contributed by atoms with Crippen LogP contribution in [0.1, 0.15) is 11.3 Å². The minimum atomic E-state index is -0.338. The van der Waals surface area contributed by atoms with Crippen molar-refractivity contribution >= 4 is 45.0 Å². The van der Waals surface area contributed by atoms with Crippen molar-refractivity contribution < 1.29 is 14.3 Å². The number of methoxy groups -OCH3 is 1. The lowest BCUT2D eigenvalue weighted by Gasteiger charge is -2.32. The number of rotatable bonds is 4. The van der Waals surface area contributed by atoms with Gasteiger partial charge < -0.3 is 18.8 Å². The van der Waals surface area contributed by atoms with Crippen molar-refractivity contribution in [2.75, 3.05) is 26.8 Å². The van der Waals surface area contributed by atoms with Crippen LogP contribution in [0.25, 0.3) is 16.9 Å². The Morgan fingerprint density at radius 3 is 2.93 bits per heavy atom. The zero-order chi connectivity index (χ0) is 21.3. The minimum Gasteiger partial charge on any atom is -0.453 e. The van der Waals surface area contributed by atoms with Crippen LogP contribution in [0.15, 0.2) is 41.4 Å². The third kappa shape index (κ3) is 4.25. The number of ether oxygens (including phenoxy) is 2. The third-order valence-corrected chi connectivity index (χ3v) is 6.44. The van der Waals surface area contributed by atoms with Crippen molar-refractivity contribution in [1.82, 2.24) is 14.3 Å². The van der Waals surface area contributed by atoms with Gasteiger partial charge in [0.15, 0.2) is 0 Å². The lowest BCUT2D eigenvalue weighted by Crippen LogP contribution is -2.46. The fraction of sp³-hybridized carbons (Fsp3) is 0.333. The fourth-order valence-corrected chi connectivity index (χ4v) is 4.60. The molecular weight excluding hydrogens is 445 g/mol. The number of nitrogens with zero attached hydrogens (tertiary/aromatic N) is 3. The Labute approximate surface area is 188 Å². The van der Waals surface area contributed by atoms with Crippen LogP contribution in [-0.2, 0) is 15.9 Å². The summed E-state index contributed by atoms with van der Waals surface area (Å²) in [6.45, 7) is 3.48. The number of carbonyl (C=O) groups excluding carboxylic acids is 1. The van der Waals surface area contributed by atoms with E-state index in [1.165, 1.54) is 7.11 Å². The number of fused-ring (bicyclic) bond motifs is 1. The van der Waals surface area contributed by atoms with E-state index in [1.807, 2.05) is 43.5 Å². The molecule has 3 aromatic rings. The van der Waals surface area contributed by atoms with Crippen LogP contribution >= 0.6 is 33.3 Å². The van der Waals surface area contributed by atoms with E-state index in [2.05, 4.69) is 4.40 Å². The molecule has 3 heterocycles. The number of amides is 1. The van der Waals surface area contributed by atoms with Gasteiger partial charge in [-0.1, -0.05) is 17.7 Å².